The van der Waals surface area contributed by atoms with Crippen LogP contribution in [-0.4, -0.2) is 33.7 Å². The lowest BCUT2D eigenvalue weighted by Gasteiger charge is -2.27. The Bertz CT molecular complexity index is 336. The molecule has 1 aromatic rings. The molecule has 0 saturated carbocycles. The van der Waals surface area contributed by atoms with E-state index >= 15 is 0 Å². The Morgan fingerprint density at radius 1 is 1.44 bits per heavy atom. The molecule has 0 aromatic carbocycles. The predicted octanol–water partition coefficient (Wildman–Crippen LogP) is 2.44. The third-order valence-electron chi connectivity index (χ3n) is 2.23. The standard InChI is InChI=1S/C12H19BrN2O/c1-4-15(9-12(2,3)16)8-10-5-11(13)7-14-6-10/h5-7,16H,4,8-9H2,1-3H3. The van der Waals surface area contributed by atoms with Crippen molar-refractivity contribution in [3.63, 3.8) is 0 Å². The number of nitrogens with zero attached hydrogens (tertiary/aromatic N) is 2. The van der Waals surface area contributed by atoms with Crippen molar-refractivity contribution in [2.75, 3.05) is 13.1 Å². The molecule has 0 aliphatic carbocycles. The van der Waals surface area contributed by atoms with E-state index in [1.54, 1.807) is 6.20 Å². The van der Waals surface area contributed by atoms with Crippen LogP contribution in [0.15, 0.2) is 22.9 Å². The van der Waals surface area contributed by atoms with Gasteiger partial charge in [-0.2, -0.15) is 0 Å². The molecule has 16 heavy (non-hydrogen) atoms. The van der Waals surface area contributed by atoms with Gasteiger partial charge in [-0.1, -0.05) is 6.92 Å². The van der Waals surface area contributed by atoms with Gasteiger partial charge in [-0.05, 0) is 48.0 Å². The Kier molecular flexibility index (Phi) is 4.89. The highest BCUT2D eigenvalue weighted by Gasteiger charge is 2.17. The van der Waals surface area contributed by atoms with Crippen molar-refractivity contribution in [1.82, 2.24) is 9.88 Å². The summed E-state index contributed by atoms with van der Waals surface area (Å²) in [7, 11) is 0. The van der Waals surface area contributed by atoms with Crippen LogP contribution in [-0.2, 0) is 6.54 Å². The fraction of sp³-hybridized carbons (Fsp3) is 0.583. The highest BCUT2D eigenvalue weighted by Crippen LogP contribution is 2.13. The first kappa shape index (κ1) is 13.6. The summed E-state index contributed by atoms with van der Waals surface area (Å²) in [6.45, 7) is 8.14. The van der Waals surface area contributed by atoms with E-state index in [1.165, 1.54) is 0 Å². The number of hydrogen-bond acceptors (Lipinski definition) is 3. The van der Waals surface area contributed by atoms with Crippen molar-refractivity contribution in [2.24, 2.45) is 0 Å². The van der Waals surface area contributed by atoms with Gasteiger partial charge in [-0.25, -0.2) is 0 Å². The number of rotatable bonds is 5. The Labute approximate surface area is 106 Å². The maximum Gasteiger partial charge on any atom is 0.0718 e. The van der Waals surface area contributed by atoms with Gasteiger partial charge in [0.1, 0.15) is 0 Å². The number of aliphatic hydroxyl groups is 1. The summed E-state index contributed by atoms with van der Waals surface area (Å²) in [4.78, 5) is 6.33. The van der Waals surface area contributed by atoms with Crippen LogP contribution in [0.4, 0.5) is 0 Å². The van der Waals surface area contributed by atoms with E-state index in [0.29, 0.717) is 6.54 Å². The molecule has 90 valence electrons. The Morgan fingerprint density at radius 3 is 2.62 bits per heavy atom. The normalized spacial score (nSPS) is 12.1. The molecular formula is C12H19BrN2O. The largest absolute Gasteiger partial charge is 0.389 e. The second kappa shape index (κ2) is 5.75. The number of aromatic nitrogens is 1. The van der Waals surface area contributed by atoms with Crippen molar-refractivity contribution in [1.29, 1.82) is 0 Å². The van der Waals surface area contributed by atoms with Gasteiger partial charge in [0, 0.05) is 30.0 Å². The summed E-state index contributed by atoms with van der Waals surface area (Å²) >= 11 is 3.40. The van der Waals surface area contributed by atoms with Crippen LogP contribution in [0.3, 0.4) is 0 Å². The summed E-state index contributed by atoms with van der Waals surface area (Å²) in [6.07, 6.45) is 3.63. The molecule has 1 aromatic heterocycles. The fourth-order valence-electron chi connectivity index (χ4n) is 1.63. The van der Waals surface area contributed by atoms with Gasteiger partial charge >= 0.3 is 0 Å². The summed E-state index contributed by atoms with van der Waals surface area (Å²) in [5, 5.41) is 9.79. The second-order valence-corrected chi connectivity index (χ2v) is 5.54. The molecule has 0 bridgehead atoms. The van der Waals surface area contributed by atoms with Gasteiger partial charge in [-0.15, -0.1) is 0 Å². The Morgan fingerprint density at radius 2 is 2.12 bits per heavy atom. The van der Waals surface area contributed by atoms with E-state index in [-0.39, 0.29) is 0 Å². The minimum atomic E-state index is -0.657. The van der Waals surface area contributed by atoms with Crippen molar-refractivity contribution in [3.8, 4) is 0 Å². The molecular weight excluding hydrogens is 268 g/mol. The predicted molar refractivity (Wildman–Crippen MR) is 69.2 cm³/mol. The number of halogens is 1. The van der Waals surface area contributed by atoms with Gasteiger partial charge < -0.3 is 5.11 Å². The summed E-state index contributed by atoms with van der Waals surface area (Å²) in [5.74, 6) is 0. The first-order chi connectivity index (χ1) is 7.40. The van der Waals surface area contributed by atoms with Crippen molar-refractivity contribution < 1.29 is 5.11 Å². The molecule has 0 saturated heterocycles. The zero-order chi connectivity index (χ0) is 12.2. The second-order valence-electron chi connectivity index (χ2n) is 4.63. The maximum atomic E-state index is 9.79. The van der Waals surface area contributed by atoms with Gasteiger partial charge in [0.05, 0.1) is 5.60 Å². The van der Waals surface area contributed by atoms with Crippen LogP contribution in [0.1, 0.15) is 26.3 Å². The minimum Gasteiger partial charge on any atom is -0.389 e. The average molecular weight is 287 g/mol. The highest BCUT2D eigenvalue weighted by atomic mass is 79.9. The molecule has 0 fully saturated rings. The Balaban J connectivity index is 2.63. The van der Waals surface area contributed by atoms with Crippen LogP contribution in [0, 0.1) is 0 Å². The molecule has 0 aliphatic rings. The summed E-state index contributed by atoms with van der Waals surface area (Å²) in [6, 6.07) is 2.06. The average Bonchev–Trinajstić information content (AvgIpc) is 2.14. The maximum absolute atomic E-state index is 9.79. The summed E-state index contributed by atoms with van der Waals surface area (Å²) in [5.41, 5.74) is 0.496. The van der Waals surface area contributed by atoms with Crippen LogP contribution in [0.5, 0.6) is 0 Å². The van der Waals surface area contributed by atoms with Gasteiger partial charge in [-0.3, -0.25) is 9.88 Å². The van der Waals surface area contributed by atoms with E-state index in [0.717, 1.165) is 23.1 Å². The van der Waals surface area contributed by atoms with Gasteiger partial charge in [0.2, 0.25) is 0 Å². The van der Waals surface area contributed by atoms with Crippen molar-refractivity contribution in [3.05, 3.63) is 28.5 Å². The van der Waals surface area contributed by atoms with Crippen molar-refractivity contribution >= 4 is 15.9 Å². The van der Waals surface area contributed by atoms with E-state index in [2.05, 4.69) is 38.8 Å². The molecule has 1 N–H and O–H groups in total. The lowest BCUT2D eigenvalue weighted by molar-refractivity contribution is 0.0353. The molecule has 0 atom stereocenters. The third-order valence-corrected chi connectivity index (χ3v) is 2.66. The third kappa shape index (κ3) is 5.05. The minimum absolute atomic E-state index is 0.657. The zero-order valence-electron chi connectivity index (χ0n) is 10.1. The monoisotopic (exact) mass is 286 g/mol. The van der Waals surface area contributed by atoms with Gasteiger partial charge in [0.15, 0.2) is 0 Å². The molecule has 0 spiro atoms. The van der Waals surface area contributed by atoms with E-state index in [4.69, 9.17) is 0 Å². The molecule has 0 amide bonds. The molecule has 1 rings (SSSR count). The van der Waals surface area contributed by atoms with E-state index in [1.807, 2.05) is 20.0 Å². The Hall–Kier alpha value is -0.450. The van der Waals surface area contributed by atoms with E-state index < -0.39 is 5.60 Å². The quantitative estimate of drug-likeness (QED) is 0.903. The van der Waals surface area contributed by atoms with Crippen LogP contribution in [0.25, 0.3) is 0 Å². The lowest BCUT2D eigenvalue weighted by Crippen LogP contribution is -2.38. The first-order valence-electron chi connectivity index (χ1n) is 5.45. The lowest BCUT2D eigenvalue weighted by atomic mass is 10.1. The van der Waals surface area contributed by atoms with Crippen LogP contribution < -0.4 is 0 Å². The molecule has 4 heteroatoms. The molecule has 0 unspecified atom stereocenters. The highest BCUT2D eigenvalue weighted by molar-refractivity contribution is 9.10. The van der Waals surface area contributed by atoms with E-state index in [9.17, 15) is 5.11 Å². The number of hydrogen-bond donors (Lipinski definition) is 1. The van der Waals surface area contributed by atoms with Crippen LogP contribution in [0.2, 0.25) is 0 Å². The molecule has 0 radical (unpaired) electrons. The smallest absolute Gasteiger partial charge is 0.0718 e. The SMILES string of the molecule is CCN(Cc1cncc(Br)c1)CC(C)(C)O. The zero-order valence-corrected chi connectivity index (χ0v) is 11.7. The number of pyridine rings is 1. The number of likely N-dealkylation sites (N-methyl/N-ethyl adjacent to an activating group) is 1. The van der Waals surface area contributed by atoms with Crippen LogP contribution >= 0.6 is 15.9 Å². The topological polar surface area (TPSA) is 36.4 Å². The van der Waals surface area contributed by atoms with Crippen molar-refractivity contribution in [2.45, 2.75) is 32.9 Å². The molecule has 0 aliphatic heterocycles. The molecule has 1 heterocycles. The molecule has 3 nitrogen and oxygen atoms in total. The van der Waals surface area contributed by atoms with Gasteiger partial charge in [0.25, 0.3) is 0 Å². The summed E-state index contributed by atoms with van der Waals surface area (Å²) < 4.78 is 0.990. The first-order valence-corrected chi connectivity index (χ1v) is 6.24. The fourth-order valence-corrected chi connectivity index (χ4v) is 2.04.